The zero-order chi connectivity index (χ0) is 28.9. The lowest BCUT2D eigenvalue weighted by molar-refractivity contribution is 0.0733. The first-order chi connectivity index (χ1) is 19.9. The van der Waals surface area contributed by atoms with Crippen LogP contribution in [0.4, 0.5) is 0 Å². The largest absolute Gasteiger partial charge is 0.493 e. The summed E-state index contributed by atoms with van der Waals surface area (Å²) < 4.78 is 23.0. The number of rotatable bonds is 8. The standard InChI is InChI=1S/C32H27N3O6/c1-20-13-15-21(16-14-20)30-34-25-11-7-6-10-24(25)31(36)35(30)33-19-22-9-5-8-12-26(22)41-32(37)23-17-27(38-2)29(40-4)28(18-23)39-3/h5-19H,1-4H3. The highest BCUT2D eigenvalue weighted by Crippen LogP contribution is 2.38. The second-order valence-electron chi connectivity index (χ2n) is 9.02. The molecule has 5 rings (SSSR count). The molecule has 0 aliphatic carbocycles. The number of carbonyl (C=O) groups excluding carboxylic acids is 1. The summed E-state index contributed by atoms with van der Waals surface area (Å²) in [6.45, 7) is 1.99. The van der Waals surface area contributed by atoms with Gasteiger partial charge >= 0.3 is 5.97 Å². The first-order valence-electron chi connectivity index (χ1n) is 12.7. The zero-order valence-electron chi connectivity index (χ0n) is 23.0. The van der Waals surface area contributed by atoms with Crippen LogP contribution < -0.4 is 24.5 Å². The van der Waals surface area contributed by atoms with Crippen molar-refractivity contribution in [1.82, 2.24) is 9.66 Å². The fourth-order valence-corrected chi connectivity index (χ4v) is 4.28. The van der Waals surface area contributed by atoms with E-state index in [0.717, 1.165) is 11.1 Å². The van der Waals surface area contributed by atoms with Crippen molar-refractivity contribution in [2.45, 2.75) is 6.92 Å². The van der Waals surface area contributed by atoms with E-state index in [4.69, 9.17) is 23.9 Å². The van der Waals surface area contributed by atoms with Crippen molar-refractivity contribution >= 4 is 23.1 Å². The van der Waals surface area contributed by atoms with Crippen LogP contribution >= 0.6 is 0 Å². The Morgan fingerprint density at radius 2 is 1.49 bits per heavy atom. The number of aromatic nitrogens is 2. The Kier molecular flexibility index (Phi) is 7.78. The molecular formula is C32H27N3O6. The molecule has 9 heteroatoms. The summed E-state index contributed by atoms with van der Waals surface area (Å²) in [4.78, 5) is 31.4. The van der Waals surface area contributed by atoms with Gasteiger partial charge in [-0.15, -0.1) is 0 Å². The normalized spacial score (nSPS) is 11.0. The van der Waals surface area contributed by atoms with Crippen LogP contribution in [-0.4, -0.2) is 43.2 Å². The summed E-state index contributed by atoms with van der Waals surface area (Å²) in [6.07, 6.45) is 1.47. The molecule has 0 saturated carbocycles. The second kappa shape index (κ2) is 11.7. The van der Waals surface area contributed by atoms with E-state index in [1.54, 1.807) is 42.5 Å². The third-order valence-corrected chi connectivity index (χ3v) is 6.40. The predicted octanol–water partition coefficient (Wildman–Crippen LogP) is 5.50. The van der Waals surface area contributed by atoms with Crippen molar-refractivity contribution in [2.75, 3.05) is 21.3 Å². The van der Waals surface area contributed by atoms with E-state index in [0.29, 0.717) is 39.5 Å². The number of methoxy groups -OCH3 is 3. The first kappa shape index (κ1) is 27.1. The molecule has 0 aliphatic rings. The van der Waals surface area contributed by atoms with Crippen LogP contribution in [-0.2, 0) is 0 Å². The molecule has 4 aromatic carbocycles. The van der Waals surface area contributed by atoms with Crippen molar-refractivity contribution < 1.29 is 23.7 Å². The minimum atomic E-state index is -0.644. The quantitative estimate of drug-likeness (QED) is 0.143. The lowest BCUT2D eigenvalue weighted by Gasteiger charge is -2.14. The Hall–Kier alpha value is -5.44. The van der Waals surface area contributed by atoms with Crippen molar-refractivity contribution in [2.24, 2.45) is 5.10 Å². The molecule has 0 aliphatic heterocycles. The maximum atomic E-state index is 13.5. The van der Waals surface area contributed by atoms with E-state index < -0.39 is 5.97 Å². The summed E-state index contributed by atoms with van der Waals surface area (Å²) in [5.74, 6) is 0.986. The molecule has 0 N–H and O–H groups in total. The molecule has 5 aromatic rings. The van der Waals surface area contributed by atoms with Gasteiger partial charge in [-0.05, 0) is 43.3 Å². The molecule has 0 unspecified atom stereocenters. The van der Waals surface area contributed by atoms with Crippen LogP contribution in [0.5, 0.6) is 23.0 Å². The van der Waals surface area contributed by atoms with Gasteiger partial charge in [0, 0.05) is 11.1 Å². The first-order valence-corrected chi connectivity index (χ1v) is 12.7. The van der Waals surface area contributed by atoms with Crippen LogP contribution in [0.15, 0.2) is 94.8 Å². The Morgan fingerprint density at radius 1 is 0.829 bits per heavy atom. The summed E-state index contributed by atoms with van der Waals surface area (Å²) >= 11 is 0. The minimum absolute atomic E-state index is 0.197. The molecule has 41 heavy (non-hydrogen) atoms. The van der Waals surface area contributed by atoms with Gasteiger partial charge in [-0.3, -0.25) is 4.79 Å². The van der Waals surface area contributed by atoms with Gasteiger partial charge in [0.05, 0.1) is 44.0 Å². The molecule has 0 amide bonds. The SMILES string of the molecule is COc1cc(C(=O)Oc2ccccc2C=Nn2c(-c3ccc(C)cc3)nc3ccccc3c2=O)cc(OC)c1OC. The summed E-state index contributed by atoms with van der Waals surface area (Å²) in [6, 6.07) is 24.7. The number of benzene rings is 4. The van der Waals surface area contributed by atoms with Gasteiger partial charge in [0.25, 0.3) is 5.56 Å². The lowest BCUT2D eigenvalue weighted by Crippen LogP contribution is -2.20. The van der Waals surface area contributed by atoms with Crippen LogP contribution in [0, 0.1) is 6.92 Å². The van der Waals surface area contributed by atoms with Crippen LogP contribution in [0.1, 0.15) is 21.5 Å². The topological polar surface area (TPSA) is 101 Å². The molecule has 0 spiro atoms. The van der Waals surface area contributed by atoms with E-state index in [-0.39, 0.29) is 16.9 Å². The van der Waals surface area contributed by atoms with E-state index >= 15 is 0 Å². The van der Waals surface area contributed by atoms with Gasteiger partial charge in [-0.1, -0.05) is 54.1 Å². The van der Waals surface area contributed by atoms with Gasteiger partial charge in [0.2, 0.25) is 5.75 Å². The van der Waals surface area contributed by atoms with E-state index in [9.17, 15) is 9.59 Å². The monoisotopic (exact) mass is 549 g/mol. The number of ether oxygens (including phenoxy) is 4. The molecule has 0 saturated heterocycles. The summed E-state index contributed by atoms with van der Waals surface area (Å²) in [5.41, 5.74) is 2.73. The average molecular weight is 550 g/mol. The fourth-order valence-electron chi connectivity index (χ4n) is 4.28. The van der Waals surface area contributed by atoms with Crippen molar-refractivity contribution in [3.05, 3.63) is 112 Å². The predicted molar refractivity (Wildman–Crippen MR) is 157 cm³/mol. The Morgan fingerprint density at radius 3 is 2.17 bits per heavy atom. The molecular weight excluding hydrogens is 522 g/mol. The van der Waals surface area contributed by atoms with Gasteiger partial charge in [-0.25, -0.2) is 9.78 Å². The maximum Gasteiger partial charge on any atom is 0.343 e. The molecule has 0 radical (unpaired) electrons. The number of hydrogen-bond acceptors (Lipinski definition) is 8. The fraction of sp³-hybridized carbons (Fsp3) is 0.125. The number of para-hydroxylation sites is 2. The molecule has 0 bridgehead atoms. The molecule has 1 heterocycles. The van der Waals surface area contributed by atoms with Gasteiger partial charge in [0.15, 0.2) is 17.3 Å². The molecule has 206 valence electrons. The number of aryl methyl sites for hydroxylation is 1. The lowest BCUT2D eigenvalue weighted by atomic mass is 10.1. The maximum absolute atomic E-state index is 13.5. The van der Waals surface area contributed by atoms with E-state index in [1.165, 1.54) is 44.4 Å². The molecule has 0 atom stereocenters. The number of hydrogen-bond donors (Lipinski definition) is 0. The Balaban J connectivity index is 1.54. The van der Waals surface area contributed by atoms with Crippen LogP contribution in [0.2, 0.25) is 0 Å². The van der Waals surface area contributed by atoms with E-state index in [1.807, 2.05) is 37.3 Å². The van der Waals surface area contributed by atoms with Gasteiger partial charge in [0.1, 0.15) is 5.75 Å². The third-order valence-electron chi connectivity index (χ3n) is 6.40. The van der Waals surface area contributed by atoms with Crippen molar-refractivity contribution in [3.8, 4) is 34.4 Å². The van der Waals surface area contributed by atoms with Crippen LogP contribution in [0.25, 0.3) is 22.3 Å². The third kappa shape index (κ3) is 5.51. The minimum Gasteiger partial charge on any atom is -0.493 e. The highest BCUT2D eigenvalue weighted by atomic mass is 16.5. The number of fused-ring (bicyclic) bond motifs is 1. The number of esters is 1. The van der Waals surface area contributed by atoms with E-state index in [2.05, 4.69) is 5.10 Å². The number of nitrogens with zero attached hydrogens (tertiary/aromatic N) is 3. The highest BCUT2D eigenvalue weighted by Gasteiger charge is 2.19. The smallest absolute Gasteiger partial charge is 0.343 e. The van der Waals surface area contributed by atoms with Crippen LogP contribution in [0.3, 0.4) is 0 Å². The Bertz CT molecular complexity index is 1800. The van der Waals surface area contributed by atoms with Gasteiger partial charge < -0.3 is 18.9 Å². The molecule has 0 fully saturated rings. The highest BCUT2D eigenvalue weighted by molar-refractivity contribution is 5.94. The van der Waals surface area contributed by atoms with Crippen molar-refractivity contribution in [3.63, 3.8) is 0 Å². The second-order valence-corrected chi connectivity index (χ2v) is 9.02. The molecule has 1 aromatic heterocycles. The Labute approximate surface area is 236 Å². The van der Waals surface area contributed by atoms with Crippen molar-refractivity contribution in [1.29, 1.82) is 0 Å². The van der Waals surface area contributed by atoms with Gasteiger partial charge in [-0.2, -0.15) is 9.78 Å². The summed E-state index contributed by atoms with van der Waals surface area (Å²) in [7, 11) is 4.41. The summed E-state index contributed by atoms with van der Waals surface area (Å²) in [5, 5.41) is 4.94. The average Bonchev–Trinajstić information content (AvgIpc) is 3.00. The zero-order valence-corrected chi connectivity index (χ0v) is 23.0. The molecule has 9 nitrogen and oxygen atoms in total. The number of carbonyl (C=O) groups is 1.